The molecule has 3 aromatic rings. The molecule has 3 aromatic heterocycles. The molecule has 3 heterocycles. The van der Waals surface area contributed by atoms with Gasteiger partial charge in [-0.25, -0.2) is 4.98 Å². The van der Waals surface area contributed by atoms with E-state index in [1.165, 1.54) is 24.4 Å². The zero-order chi connectivity index (χ0) is 20.3. The molecule has 0 fully saturated rings. The van der Waals surface area contributed by atoms with Crippen molar-refractivity contribution in [3.8, 4) is 0 Å². The van der Waals surface area contributed by atoms with Crippen molar-refractivity contribution in [3.05, 3.63) is 65.8 Å². The molecule has 148 valence electrons. The molecule has 28 heavy (non-hydrogen) atoms. The van der Waals surface area contributed by atoms with E-state index in [9.17, 15) is 18.0 Å². The third-order valence-corrected chi connectivity index (χ3v) is 4.09. The van der Waals surface area contributed by atoms with Crippen molar-refractivity contribution in [1.82, 2.24) is 30.0 Å². The lowest BCUT2D eigenvalue weighted by atomic mass is 10.1. The summed E-state index contributed by atoms with van der Waals surface area (Å²) in [5.74, 6) is 0.130. The Bertz CT molecular complexity index is 932. The van der Waals surface area contributed by atoms with Gasteiger partial charge in [0.05, 0.1) is 12.2 Å². The monoisotopic (exact) mass is 392 g/mol. The van der Waals surface area contributed by atoms with Gasteiger partial charge in [0, 0.05) is 36.3 Å². The van der Waals surface area contributed by atoms with Crippen LogP contribution in [0.5, 0.6) is 0 Å². The quantitative estimate of drug-likeness (QED) is 0.674. The maximum Gasteiger partial charge on any atom is 0.412 e. The molecule has 1 unspecified atom stereocenters. The number of aromatic amines is 1. The lowest BCUT2D eigenvalue weighted by Crippen LogP contribution is -2.38. The average molecular weight is 392 g/mol. The van der Waals surface area contributed by atoms with Gasteiger partial charge in [0.2, 0.25) is 0 Å². The Labute approximate surface area is 159 Å². The van der Waals surface area contributed by atoms with Crippen LogP contribution in [0.2, 0.25) is 0 Å². The van der Waals surface area contributed by atoms with Crippen molar-refractivity contribution in [1.29, 1.82) is 0 Å². The molecule has 0 aliphatic heterocycles. The molecule has 10 heteroatoms. The molecule has 0 bridgehead atoms. The molecule has 0 aliphatic carbocycles. The first kappa shape index (κ1) is 19.6. The smallest absolute Gasteiger partial charge is 0.335 e. The van der Waals surface area contributed by atoms with Crippen molar-refractivity contribution >= 4 is 5.91 Å². The van der Waals surface area contributed by atoms with Crippen LogP contribution in [0.3, 0.4) is 0 Å². The predicted octanol–water partition coefficient (Wildman–Crippen LogP) is 3.21. The Hall–Kier alpha value is -3.17. The van der Waals surface area contributed by atoms with Crippen LogP contribution in [0.1, 0.15) is 53.4 Å². The van der Waals surface area contributed by atoms with Crippen LogP contribution in [0.15, 0.2) is 43.0 Å². The number of hydrogen-bond donors (Lipinski definition) is 2. The molecule has 0 spiro atoms. The van der Waals surface area contributed by atoms with Crippen molar-refractivity contribution in [2.24, 2.45) is 0 Å². The third-order valence-electron chi connectivity index (χ3n) is 4.09. The van der Waals surface area contributed by atoms with E-state index >= 15 is 0 Å². The fraction of sp³-hybridized carbons (Fsp3) is 0.333. The van der Waals surface area contributed by atoms with Gasteiger partial charge in [-0.1, -0.05) is 19.9 Å². The molecule has 3 rings (SSSR count). The number of carbonyl (C=O) groups excluding carboxylic acids is 1. The maximum absolute atomic E-state index is 13.4. The molecule has 0 saturated carbocycles. The topological polar surface area (TPSA) is 88.5 Å². The second-order valence-corrected chi connectivity index (χ2v) is 6.58. The number of carbonyl (C=O) groups is 1. The molecular weight excluding hydrogens is 373 g/mol. The Morgan fingerprint density at radius 2 is 2.11 bits per heavy atom. The Morgan fingerprint density at radius 1 is 1.32 bits per heavy atom. The number of H-pyrrole nitrogens is 1. The van der Waals surface area contributed by atoms with Gasteiger partial charge < -0.3 is 9.88 Å². The zero-order valence-corrected chi connectivity index (χ0v) is 15.2. The third kappa shape index (κ3) is 4.38. The number of pyridine rings is 1. The van der Waals surface area contributed by atoms with Gasteiger partial charge in [-0.3, -0.25) is 14.9 Å². The maximum atomic E-state index is 13.4. The van der Waals surface area contributed by atoms with Crippen LogP contribution >= 0.6 is 0 Å². The highest BCUT2D eigenvalue weighted by atomic mass is 19.4. The summed E-state index contributed by atoms with van der Waals surface area (Å²) in [6, 6.07) is 1.89. The van der Waals surface area contributed by atoms with Gasteiger partial charge in [-0.05, 0) is 12.1 Å². The van der Waals surface area contributed by atoms with Crippen molar-refractivity contribution < 1.29 is 18.0 Å². The summed E-state index contributed by atoms with van der Waals surface area (Å²) >= 11 is 0. The normalized spacial score (nSPS) is 12.9. The Kier molecular flexibility index (Phi) is 5.48. The molecule has 1 atom stereocenters. The Balaban J connectivity index is 1.75. The molecule has 0 aliphatic rings. The van der Waals surface area contributed by atoms with E-state index in [-0.39, 0.29) is 17.2 Å². The molecule has 0 aromatic carbocycles. The van der Waals surface area contributed by atoms with Gasteiger partial charge in [0.25, 0.3) is 5.91 Å². The van der Waals surface area contributed by atoms with E-state index in [4.69, 9.17) is 0 Å². The highest BCUT2D eigenvalue weighted by Gasteiger charge is 2.42. The fourth-order valence-corrected chi connectivity index (χ4v) is 2.80. The van der Waals surface area contributed by atoms with Crippen LogP contribution in [0.4, 0.5) is 13.2 Å². The summed E-state index contributed by atoms with van der Waals surface area (Å²) in [6.07, 6.45) is 1.22. The number of nitrogens with zero attached hydrogens (tertiary/aromatic N) is 4. The molecule has 1 amide bonds. The number of rotatable bonds is 6. The van der Waals surface area contributed by atoms with Gasteiger partial charge >= 0.3 is 6.18 Å². The second-order valence-electron chi connectivity index (χ2n) is 6.58. The molecule has 2 N–H and O–H groups in total. The van der Waals surface area contributed by atoms with Gasteiger partial charge in [0.1, 0.15) is 11.5 Å². The van der Waals surface area contributed by atoms with Gasteiger partial charge in [-0.2, -0.15) is 18.3 Å². The second kappa shape index (κ2) is 7.83. The Morgan fingerprint density at radius 3 is 2.75 bits per heavy atom. The number of alkyl halides is 3. The minimum Gasteiger partial charge on any atom is -0.335 e. The number of imidazole rings is 1. The minimum atomic E-state index is -4.67. The van der Waals surface area contributed by atoms with Crippen molar-refractivity contribution in [3.63, 3.8) is 0 Å². The summed E-state index contributed by atoms with van der Waals surface area (Å²) < 4.78 is 42.0. The van der Waals surface area contributed by atoms with E-state index in [0.29, 0.717) is 12.2 Å². The van der Waals surface area contributed by atoms with Crippen LogP contribution in [-0.4, -0.2) is 36.8 Å². The highest BCUT2D eigenvalue weighted by Crippen LogP contribution is 2.32. The van der Waals surface area contributed by atoms with Crippen LogP contribution in [-0.2, 0) is 6.54 Å². The molecular formula is C18H19F3N6O. The largest absolute Gasteiger partial charge is 0.412 e. The standard InChI is InChI=1S/C18H19F3N6O/c1-11(2)16-23-6-7-27(16)10-13-8-14(26-25-13)17(28)24-15(18(19,20)21)12-4-3-5-22-9-12/h3-9,11,15H,10H2,1-2H3,(H,24,28)(H,25,26). The van der Waals surface area contributed by atoms with Crippen molar-refractivity contribution in [2.45, 2.75) is 38.5 Å². The lowest BCUT2D eigenvalue weighted by molar-refractivity contribution is -0.155. The van der Waals surface area contributed by atoms with Crippen LogP contribution in [0.25, 0.3) is 0 Å². The molecule has 0 saturated heterocycles. The zero-order valence-electron chi connectivity index (χ0n) is 15.2. The molecule has 7 nitrogen and oxygen atoms in total. The predicted molar refractivity (Wildman–Crippen MR) is 94.5 cm³/mol. The SMILES string of the molecule is CC(C)c1nccn1Cc1cc(C(=O)NC(c2cccnc2)C(F)(F)F)n[nH]1. The average Bonchev–Trinajstić information content (AvgIpc) is 3.29. The number of aromatic nitrogens is 5. The first-order chi connectivity index (χ1) is 13.3. The first-order valence-electron chi connectivity index (χ1n) is 8.58. The number of nitrogens with one attached hydrogen (secondary N) is 2. The summed E-state index contributed by atoms with van der Waals surface area (Å²) in [5.41, 5.74) is 0.299. The lowest BCUT2D eigenvalue weighted by Gasteiger charge is -2.21. The van der Waals surface area contributed by atoms with E-state index in [2.05, 4.69) is 20.2 Å². The minimum absolute atomic E-state index is 0.126. The summed E-state index contributed by atoms with van der Waals surface area (Å²) in [5, 5.41) is 8.52. The van der Waals surface area contributed by atoms with Gasteiger partial charge in [-0.15, -0.1) is 0 Å². The fourth-order valence-electron chi connectivity index (χ4n) is 2.80. The molecule has 0 radical (unpaired) electrons. The van der Waals surface area contributed by atoms with E-state index in [0.717, 1.165) is 12.0 Å². The number of hydrogen-bond acceptors (Lipinski definition) is 4. The summed E-state index contributed by atoms with van der Waals surface area (Å²) in [4.78, 5) is 20.3. The van der Waals surface area contributed by atoms with Crippen LogP contribution < -0.4 is 5.32 Å². The van der Waals surface area contributed by atoms with E-state index < -0.39 is 18.1 Å². The van der Waals surface area contributed by atoms with E-state index in [1.54, 1.807) is 12.4 Å². The highest BCUT2D eigenvalue weighted by molar-refractivity contribution is 5.92. The van der Waals surface area contributed by atoms with E-state index in [1.807, 2.05) is 23.7 Å². The van der Waals surface area contributed by atoms with Crippen LogP contribution in [0, 0.1) is 0 Å². The number of halogens is 3. The summed E-state index contributed by atoms with van der Waals surface area (Å²) in [7, 11) is 0. The number of amides is 1. The summed E-state index contributed by atoms with van der Waals surface area (Å²) in [6.45, 7) is 4.37. The van der Waals surface area contributed by atoms with Crippen molar-refractivity contribution in [2.75, 3.05) is 0 Å². The van der Waals surface area contributed by atoms with Gasteiger partial charge in [0.15, 0.2) is 6.04 Å². The first-order valence-corrected chi connectivity index (χ1v) is 8.58.